The van der Waals surface area contributed by atoms with Gasteiger partial charge in [-0.15, -0.1) is 0 Å². The van der Waals surface area contributed by atoms with Gasteiger partial charge in [0.05, 0.1) is 0 Å². The second-order valence-corrected chi connectivity index (χ2v) is 10.0. The fourth-order valence-electron chi connectivity index (χ4n) is 4.54. The summed E-state index contributed by atoms with van der Waals surface area (Å²) < 4.78 is 55.1. The van der Waals surface area contributed by atoms with E-state index in [1.165, 1.54) is 0 Å². The number of carbonyl (C=O) groups is 7. The van der Waals surface area contributed by atoms with Gasteiger partial charge in [0.1, 0.15) is 24.9 Å². The number of esters is 7. The molecule has 0 amide bonds. The number of hydrogen-bond donors (Lipinski definition) is 1. The smallest absolute Gasteiger partial charge is 0.305 e. The molecule has 248 valence electrons. The summed E-state index contributed by atoms with van der Waals surface area (Å²) in [6.07, 6.45) is -15.0. The predicted octanol–water partition coefficient (Wildman–Crippen LogP) is -0.464. The minimum absolute atomic E-state index is 0.127. The summed E-state index contributed by atoms with van der Waals surface area (Å²) >= 11 is 4.24. The van der Waals surface area contributed by atoms with Crippen molar-refractivity contribution in [3.05, 3.63) is 0 Å². The Balaban J connectivity index is 2.67. The second kappa shape index (κ2) is 16.6. The third kappa shape index (κ3) is 10.6. The van der Waals surface area contributed by atoms with E-state index in [-0.39, 0.29) is 5.75 Å². The molecule has 2 saturated heterocycles. The summed E-state index contributed by atoms with van der Waals surface area (Å²) in [7, 11) is 0. The van der Waals surface area contributed by atoms with Crippen LogP contribution in [0.2, 0.25) is 0 Å². The molecule has 2 fully saturated rings. The van der Waals surface area contributed by atoms with Crippen LogP contribution in [0.25, 0.3) is 0 Å². The van der Waals surface area contributed by atoms with Crippen LogP contribution in [0.1, 0.15) is 48.5 Å². The maximum Gasteiger partial charge on any atom is 0.305 e. The van der Waals surface area contributed by atoms with Gasteiger partial charge in [-0.3, -0.25) is 33.6 Å². The molecular formula is C26H36O17S. The standard InChI is InChI=1S/C26H36O17S/c1-10(27)34-8-17-19(21(36-12(3)29)23(38-14(5)31)25(41-17)40-16(7)33)43-26-24(39-15(6)32)22(37-13(4)30)20(35-11(2)28)18(9-44)42-26/h17-26,44H,8-9H2,1-7H3/t17-,18-,19-,20+,21+,22+,23-,24-,25+,26+/m1/s1. The molecule has 10 atom stereocenters. The monoisotopic (exact) mass is 652 g/mol. The highest BCUT2D eigenvalue weighted by atomic mass is 32.1. The molecule has 2 aliphatic rings. The van der Waals surface area contributed by atoms with Gasteiger partial charge in [-0.2, -0.15) is 12.6 Å². The fourth-order valence-corrected chi connectivity index (χ4v) is 4.84. The quantitative estimate of drug-likeness (QED) is 0.170. The van der Waals surface area contributed by atoms with Crippen molar-refractivity contribution in [3.63, 3.8) is 0 Å². The normalized spacial score (nSPS) is 31.5. The fraction of sp³-hybridized carbons (Fsp3) is 0.731. The van der Waals surface area contributed by atoms with Crippen molar-refractivity contribution in [1.29, 1.82) is 0 Å². The first-order valence-corrected chi connectivity index (χ1v) is 13.9. The van der Waals surface area contributed by atoms with Gasteiger partial charge in [-0.05, 0) is 0 Å². The lowest BCUT2D eigenvalue weighted by Gasteiger charge is -2.48. The van der Waals surface area contributed by atoms with Crippen molar-refractivity contribution < 1.29 is 80.9 Å². The Labute approximate surface area is 257 Å². The molecule has 0 aromatic carbocycles. The number of thiol groups is 1. The molecule has 0 spiro atoms. The highest BCUT2D eigenvalue weighted by Crippen LogP contribution is 2.35. The molecule has 2 rings (SSSR count). The molecule has 0 aromatic heterocycles. The van der Waals surface area contributed by atoms with Gasteiger partial charge in [-0.25, -0.2) is 0 Å². The summed E-state index contributed by atoms with van der Waals surface area (Å²) in [5, 5.41) is 0. The molecule has 44 heavy (non-hydrogen) atoms. The van der Waals surface area contributed by atoms with Gasteiger partial charge in [0.2, 0.25) is 12.4 Å². The van der Waals surface area contributed by atoms with Crippen LogP contribution in [0.15, 0.2) is 0 Å². The maximum atomic E-state index is 12.2. The third-order valence-electron chi connectivity index (χ3n) is 5.90. The van der Waals surface area contributed by atoms with Crippen molar-refractivity contribution >= 4 is 54.4 Å². The van der Waals surface area contributed by atoms with Gasteiger partial charge in [-0.1, -0.05) is 0 Å². The van der Waals surface area contributed by atoms with E-state index in [1.54, 1.807) is 0 Å². The van der Waals surface area contributed by atoms with Crippen LogP contribution in [0, 0.1) is 0 Å². The predicted molar refractivity (Wildman–Crippen MR) is 142 cm³/mol. The van der Waals surface area contributed by atoms with Gasteiger partial charge in [0, 0.05) is 54.2 Å². The molecule has 0 unspecified atom stereocenters. The van der Waals surface area contributed by atoms with Crippen molar-refractivity contribution in [2.75, 3.05) is 12.4 Å². The summed E-state index contributed by atoms with van der Waals surface area (Å²) in [6, 6.07) is 0. The molecule has 0 radical (unpaired) electrons. The first-order chi connectivity index (χ1) is 20.5. The van der Waals surface area contributed by atoms with Crippen molar-refractivity contribution in [1.82, 2.24) is 0 Å². The number of ether oxygens (including phenoxy) is 10. The van der Waals surface area contributed by atoms with Crippen LogP contribution in [-0.2, 0) is 80.9 Å². The topological polar surface area (TPSA) is 212 Å². The molecule has 0 N–H and O–H groups in total. The Kier molecular flexibility index (Phi) is 13.8. The first-order valence-electron chi connectivity index (χ1n) is 13.3. The Hall–Kier alpha value is -3.48. The highest BCUT2D eigenvalue weighted by molar-refractivity contribution is 7.80. The van der Waals surface area contributed by atoms with Gasteiger partial charge in [0.15, 0.2) is 30.7 Å². The zero-order chi connectivity index (χ0) is 33.3. The van der Waals surface area contributed by atoms with Crippen LogP contribution in [-0.4, -0.2) is 116 Å². The molecule has 2 aliphatic heterocycles. The minimum Gasteiger partial charge on any atom is -0.463 e. The zero-order valence-corrected chi connectivity index (χ0v) is 26.0. The van der Waals surface area contributed by atoms with Crippen molar-refractivity contribution in [3.8, 4) is 0 Å². The third-order valence-corrected chi connectivity index (χ3v) is 6.26. The Morgan fingerprint density at radius 1 is 0.477 bits per heavy atom. The lowest BCUT2D eigenvalue weighted by Crippen LogP contribution is -2.67. The molecule has 18 heteroatoms. The van der Waals surface area contributed by atoms with Crippen molar-refractivity contribution in [2.45, 2.75) is 110 Å². The summed E-state index contributed by atoms with van der Waals surface area (Å²) in [4.78, 5) is 84.0. The van der Waals surface area contributed by atoms with E-state index in [4.69, 9.17) is 47.4 Å². The van der Waals surface area contributed by atoms with Crippen LogP contribution in [0.5, 0.6) is 0 Å². The average molecular weight is 653 g/mol. The number of rotatable bonds is 11. The Morgan fingerprint density at radius 3 is 1.30 bits per heavy atom. The van der Waals surface area contributed by atoms with E-state index < -0.39 is 110 Å². The largest absolute Gasteiger partial charge is 0.463 e. The number of carbonyl (C=O) groups excluding carboxylic acids is 7. The van der Waals surface area contributed by atoms with Crippen molar-refractivity contribution in [2.24, 2.45) is 0 Å². The molecule has 0 aromatic rings. The zero-order valence-electron chi connectivity index (χ0n) is 25.1. The number of hydrogen-bond acceptors (Lipinski definition) is 18. The van der Waals surface area contributed by atoms with Crippen LogP contribution < -0.4 is 0 Å². The van der Waals surface area contributed by atoms with E-state index in [2.05, 4.69) is 12.6 Å². The van der Waals surface area contributed by atoms with E-state index in [0.29, 0.717) is 0 Å². The molecular weight excluding hydrogens is 616 g/mol. The van der Waals surface area contributed by atoms with Crippen LogP contribution in [0.3, 0.4) is 0 Å². The Morgan fingerprint density at radius 2 is 0.864 bits per heavy atom. The summed E-state index contributed by atoms with van der Waals surface area (Å²) in [6.45, 7) is 6.87. The van der Waals surface area contributed by atoms with E-state index in [0.717, 1.165) is 48.5 Å². The summed E-state index contributed by atoms with van der Waals surface area (Å²) in [5.74, 6) is -6.00. The molecule has 17 nitrogen and oxygen atoms in total. The second-order valence-electron chi connectivity index (χ2n) is 9.65. The summed E-state index contributed by atoms with van der Waals surface area (Å²) in [5.41, 5.74) is 0. The van der Waals surface area contributed by atoms with E-state index in [1.807, 2.05) is 0 Å². The lowest BCUT2D eigenvalue weighted by atomic mass is 9.96. The van der Waals surface area contributed by atoms with Gasteiger partial charge < -0.3 is 47.4 Å². The average Bonchev–Trinajstić information content (AvgIpc) is 2.87. The van der Waals surface area contributed by atoms with Gasteiger partial charge >= 0.3 is 41.8 Å². The molecule has 0 bridgehead atoms. The maximum absolute atomic E-state index is 12.2. The van der Waals surface area contributed by atoms with Crippen LogP contribution in [0.4, 0.5) is 0 Å². The van der Waals surface area contributed by atoms with E-state index >= 15 is 0 Å². The highest BCUT2D eigenvalue weighted by Gasteiger charge is 2.57. The SMILES string of the molecule is CC(=O)OC[C@H]1O[C@H](OC(C)=O)[C@H](OC(C)=O)[C@@H](OC(C)=O)[C@@H]1O[C@@H]1O[C@H](CS)[C@H](OC(C)=O)[C@H](OC(C)=O)[C@H]1OC(C)=O. The lowest BCUT2D eigenvalue weighted by molar-refractivity contribution is -0.354. The van der Waals surface area contributed by atoms with Gasteiger partial charge in [0.25, 0.3) is 0 Å². The molecule has 0 saturated carbocycles. The van der Waals surface area contributed by atoms with E-state index in [9.17, 15) is 33.6 Å². The molecule has 2 heterocycles. The Bertz CT molecular complexity index is 1090. The van der Waals surface area contributed by atoms with Crippen LogP contribution >= 0.6 is 12.6 Å². The minimum atomic E-state index is -1.68. The first kappa shape index (κ1) is 36.7. The molecule has 0 aliphatic carbocycles.